The third-order valence-corrected chi connectivity index (χ3v) is 6.73. The maximum absolute atomic E-state index is 13.5. The van der Waals surface area contributed by atoms with E-state index in [1.807, 2.05) is 0 Å². The molecule has 2 bridgehead atoms. The van der Waals surface area contributed by atoms with Crippen LogP contribution in [0.2, 0.25) is 0 Å². The molecule has 0 aromatic heterocycles. The van der Waals surface area contributed by atoms with Crippen LogP contribution >= 0.6 is 0 Å². The van der Waals surface area contributed by atoms with Gasteiger partial charge in [0.25, 0.3) is 0 Å². The summed E-state index contributed by atoms with van der Waals surface area (Å²) in [5.41, 5.74) is 0. The molecule has 4 rings (SSSR count). The third kappa shape index (κ3) is 3.35. The molecule has 3 fully saturated rings. The number of amides is 2. The highest BCUT2D eigenvalue weighted by Crippen LogP contribution is 2.33. The number of hydrogen-bond acceptors (Lipinski definition) is 3. The zero-order valence-corrected chi connectivity index (χ0v) is 15.0. The van der Waals surface area contributed by atoms with Crippen LogP contribution < -0.4 is 0 Å². The Morgan fingerprint density at radius 2 is 1.84 bits per heavy atom. The lowest BCUT2D eigenvalue weighted by Gasteiger charge is -2.34. The Bertz CT molecular complexity index is 785. The predicted molar refractivity (Wildman–Crippen MR) is 87.4 cm³/mol. The first-order chi connectivity index (χ1) is 11.7. The molecule has 0 aliphatic carbocycles. The molecule has 0 spiro atoms. The largest absolute Gasteiger partial charge is 0.331 e. The van der Waals surface area contributed by atoms with Crippen LogP contribution in [0, 0.1) is 17.6 Å². The number of sulfonamides is 1. The van der Waals surface area contributed by atoms with Crippen molar-refractivity contribution in [1.29, 1.82) is 0 Å². The molecule has 0 unspecified atom stereocenters. The maximum atomic E-state index is 13.5. The van der Waals surface area contributed by atoms with Crippen LogP contribution in [0.3, 0.4) is 0 Å². The van der Waals surface area contributed by atoms with Gasteiger partial charge >= 0.3 is 6.03 Å². The summed E-state index contributed by atoms with van der Waals surface area (Å²) in [5, 5.41) is 0. The summed E-state index contributed by atoms with van der Waals surface area (Å²) in [4.78, 5) is 15.2. The summed E-state index contributed by atoms with van der Waals surface area (Å²) < 4.78 is 53.8. The summed E-state index contributed by atoms with van der Waals surface area (Å²) in [7, 11) is -0.634. The third-order valence-electron chi connectivity index (χ3n) is 4.81. The fraction of sp³-hybridized carbons (Fsp3) is 0.562. The number of nitrogens with zero attached hydrogens (tertiary/aromatic N) is 3. The number of urea groups is 1. The molecular formula is C16H21F2N3O3S. The van der Waals surface area contributed by atoms with E-state index in [9.17, 15) is 22.0 Å². The van der Waals surface area contributed by atoms with Crippen molar-refractivity contribution < 1.29 is 22.0 Å². The minimum absolute atomic E-state index is 0.0303. The zero-order chi connectivity index (χ0) is 18.4. The lowest BCUT2D eigenvalue weighted by Crippen LogP contribution is -2.48. The molecule has 3 aliphatic heterocycles. The Morgan fingerprint density at radius 3 is 2.48 bits per heavy atom. The number of rotatable bonds is 2. The van der Waals surface area contributed by atoms with Gasteiger partial charge < -0.3 is 9.80 Å². The Hall–Kier alpha value is -1.74. The van der Waals surface area contributed by atoms with Gasteiger partial charge in [-0.05, 0) is 37.0 Å². The molecule has 3 heterocycles. The number of carbonyl (C=O) groups is 1. The summed E-state index contributed by atoms with van der Waals surface area (Å²) in [6.45, 7) is 1.08. The highest BCUT2D eigenvalue weighted by atomic mass is 32.2. The van der Waals surface area contributed by atoms with Crippen LogP contribution in [0.4, 0.5) is 13.6 Å². The number of halogens is 2. The molecule has 0 radical (unpaired) electrons. The van der Waals surface area contributed by atoms with Gasteiger partial charge in [0, 0.05) is 39.8 Å². The average Bonchev–Trinajstić information content (AvgIpc) is 2.88. The van der Waals surface area contributed by atoms with Crippen LogP contribution in [-0.4, -0.2) is 68.3 Å². The molecular weight excluding hydrogens is 352 g/mol. The second-order valence-corrected chi connectivity index (χ2v) is 8.72. The van der Waals surface area contributed by atoms with Gasteiger partial charge in [-0.1, -0.05) is 0 Å². The van der Waals surface area contributed by atoms with Crippen molar-refractivity contribution in [2.24, 2.45) is 5.92 Å². The van der Waals surface area contributed by atoms with Crippen LogP contribution in [0.25, 0.3) is 0 Å². The van der Waals surface area contributed by atoms with E-state index in [4.69, 9.17) is 0 Å². The number of piperidine rings is 1. The van der Waals surface area contributed by atoms with Crippen molar-refractivity contribution in [3.05, 3.63) is 29.8 Å². The molecule has 1 aromatic rings. The van der Waals surface area contributed by atoms with Gasteiger partial charge in [-0.2, -0.15) is 4.31 Å². The van der Waals surface area contributed by atoms with E-state index in [-0.39, 0.29) is 29.4 Å². The van der Waals surface area contributed by atoms with Gasteiger partial charge in [-0.3, -0.25) is 0 Å². The normalized spacial score (nSPS) is 24.2. The van der Waals surface area contributed by atoms with Crippen molar-refractivity contribution >= 4 is 16.1 Å². The molecule has 1 aromatic carbocycles. The summed E-state index contributed by atoms with van der Waals surface area (Å²) in [5.74, 6) is -2.24. The fourth-order valence-corrected chi connectivity index (χ4v) is 5.28. The average molecular weight is 373 g/mol. The number of hydrogen-bond donors (Lipinski definition) is 0. The Balaban J connectivity index is 1.90. The van der Waals surface area contributed by atoms with Crippen molar-refractivity contribution in [2.75, 3.05) is 33.7 Å². The van der Waals surface area contributed by atoms with E-state index in [1.54, 1.807) is 19.0 Å². The lowest BCUT2D eigenvalue weighted by molar-refractivity contribution is 0.167. The zero-order valence-electron chi connectivity index (χ0n) is 14.2. The Kier molecular flexibility index (Phi) is 4.72. The number of carbonyl (C=O) groups excluding carboxylic acids is 1. The summed E-state index contributed by atoms with van der Waals surface area (Å²) >= 11 is 0. The first-order valence-corrected chi connectivity index (χ1v) is 9.57. The second kappa shape index (κ2) is 6.53. The van der Waals surface area contributed by atoms with Gasteiger partial charge in [0.15, 0.2) is 11.6 Å². The molecule has 0 saturated carbocycles. The van der Waals surface area contributed by atoms with Crippen molar-refractivity contribution in [1.82, 2.24) is 14.1 Å². The van der Waals surface area contributed by atoms with Crippen LogP contribution in [0.1, 0.15) is 12.8 Å². The smallest absolute Gasteiger partial charge is 0.319 e. The molecule has 3 saturated heterocycles. The Labute approximate surface area is 146 Å². The van der Waals surface area contributed by atoms with E-state index in [2.05, 4.69) is 0 Å². The van der Waals surface area contributed by atoms with Crippen molar-refractivity contribution in [2.45, 2.75) is 23.8 Å². The Morgan fingerprint density at radius 1 is 1.12 bits per heavy atom. The predicted octanol–water partition coefficient (Wildman–Crippen LogP) is 1.73. The highest BCUT2D eigenvalue weighted by molar-refractivity contribution is 7.89. The molecule has 138 valence electrons. The lowest BCUT2D eigenvalue weighted by atomic mass is 9.97. The van der Waals surface area contributed by atoms with E-state index < -0.39 is 21.7 Å². The van der Waals surface area contributed by atoms with Gasteiger partial charge in [-0.25, -0.2) is 22.0 Å². The molecule has 3 aliphatic rings. The van der Waals surface area contributed by atoms with Gasteiger partial charge in [0.2, 0.25) is 10.0 Å². The standard InChI is InChI=1S/C16H21F2N3O3S/c1-19(2)16(22)20-8-11-3-4-12(10-20)21(9-11)25(23,24)13-5-6-14(17)15(18)7-13/h5-7,11-12H,3-4,8-10H2,1-2H3/t11-,12+/m0/s1. The summed E-state index contributed by atoms with van der Waals surface area (Å²) in [6.07, 6.45) is 1.48. The molecule has 2 amide bonds. The maximum Gasteiger partial charge on any atom is 0.319 e. The van der Waals surface area contributed by atoms with Crippen LogP contribution in [0.15, 0.2) is 23.1 Å². The highest BCUT2D eigenvalue weighted by Gasteiger charge is 2.42. The van der Waals surface area contributed by atoms with Crippen molar-refractivity contribution in [3.63, 3.8) is 0 Å². The van der Waals surface area contributed by atoms with E-state index in [0.29, 0.717) is 25.6 Å². The number of fused-ring (bicyclic) bond motifs is 4. The van der Waals surface area contributed by atoms with Gasteiger partial charge in [0.1, 0.15) is 0 Å². The van der Waals surface area contributed by atoms with Crippen LogP contribution in [0.5, 0.6) is 0 Å². The van der Waals surface area contributed by atoms with E-state index in [1.165, 1.54) is 9.21 Å². The van der Waals surface area contributed by atoms with E-state index >= 15 is 0 Å². The van der Waals surface area contributed by atoms with Crippen molar-refractivity contribution in [3.8, 4) is 0 Å². The minimum atomic E-state index is -3.95. The van der Waals surface area contributed by atoms with Gasteiger partial charge in [-0.15, -0.1) is 0 Å². The first kappa shape index (κ1) is 18.1. The molecule has 25 heavy (non-hydrogen) atoms. The minimum Gasteiger partial charge on any atom is -0.331 e. The van der Waals surface area contributed by atoms with E-state index in [0.717, 1.165) is 18.6 Å². The monoisotopic (exact) mass is 373 g/mol. The fourth-order valence-electron chi connectivity index (χ4n) is 3.55. The topological polar surface area (TPSA) is 60.9 Å². The van der Waals surface area contributed by atoms with Gasteiger partial charge in [0.05, 0.1) is 4.90 Å². The summed E-state index contributed by atoms with van der Waals surface area (Å²) in [6, 6.07) is 2.10. The quantitative estimate of drug-likeness (QED) is 0.793. The number of benzene rings is 1. The van der Waals surface area contributed by atoms with Crippen LogP contribution in [-0.2, 0) is 10.0 Å². The molecule has 6 nitrogen and oxygen atoms in total. The first-order valence-electron chi connectivity index (χ1n) is 8.13. The molecule has 0 N–H and O–H groups in total. The molecule has 2 atom stereocenters. The SMILES string of the molecule is CN(C)C(=O)N1C[C@@H]2CC[C@H](C1)N(S(=O)(=O)c1ccc(F)c(F)c1)C2. The second-order valence-electron chi connectivity index (χ2n) is 6.83. The molecule has 9 heteroatoms.